The monoisotopic (exact) mass is 265 g/mol. The highest BCUT2D eigenvalue weighted by atomic mass is 19.1. The van der Waals surface area contributed by atoms with Crippen molar-refractivity contribution in [3.05, 3.63) is 36.2 Å². The third-order valence-corrected chi connectivity index (χ3v) is 3.12. The van der Waals surface area contributed by atoms with E-state index in [-0.39, 0.29) is 18.0 Å². The third kappa shape index (κ3) is 3.24. The van der Waals surface area contributed by atoms with E-state index in [1.165, 1.54) is 6.07 Å². The fourth-order valence-electron chi connectivity index (χ4n) is 2.05. The summed E-state index contributed by atoms with van der Waals surface area (Å²) in [5.41, 5.74) is 1.08. The van der Waals surface area contributed by atoms with Gasteiger partial charge in [0.05, 0.1) is 0 Å². The number of carbonyl (C=O) groups is 1. The second-order valence-corrected chi connectivity index (χ2v) is 4.78. The highest BCUT2D eigenvalue weighted by Gasteiger charge is 2.32. The zero-order chi connectivity index (χ0) is 14.0. The van der Waals surface area contributed by atoms with E-state index in [2.05, 4.69) is 11.9 Å². The molecular weight excluding hydrogens is 249 g/mol. The van der Waals surface area contributed by atoms with Gasteiger partial charge in [-0.1, -0.05) is 6.58 Å². The van der Waals surface area contributed by atoms with Crippen LogP contribution < -0.4 is 10.1 Å². The number of nitrogens with one attached hydrogen (secondary N) is 1. The average molecular weight is 265 g/mol. The maximum Gasteiger partial charge on any atom is 0.404 e. The number of benzene rings is 1. The topological polar surface area (TPSA) is 58.6 Å². The first-order valence-corrected chi connectivity index (χ1v) is 6.07. The van der Waals surface area contributed by atoms with Crippen LogP contribution in [0.5, 0.6) is 5.75 Å². The lowest BCUT2D eigenvalue weighted by Gasteiger charge is -2.35. The summed E-state index contributed by atoms with van der Waals surface area (Å²) >= 11 is 0. The lowest BCUT2D eigenvalue weighted by atomic mass is 9.89. The van der Waals surface area contributed by atoms with Crippen LogP contribution in [0.2, 0.25) is 0 Å². The molecule has 1 aromatic carbocycles. The number of rotatable bonds is 4. The molecule has 102 valence electrons. The average Bonchev–Trinajstić information content (AvgIpc) is 2.27. The third-order valence-electron chi connectivity index (χ3n) is 3.12. The Hall–Kier alpha value is -2.04. The van der Waals surface area contributed by atoms with E-state index in [0.717, 1.165) is 0 Å². The smallest absolute Gasteiger partial charge is 0.404 e. The number of halogens is 1. The molecule has 1 amide bonds. The van der Waals surface area contributed by atoms with E-state index in [1.54, 1.807) is 19.1 Å². The predicted octanol–water partition coefficient (Wildman–Crippen LogP) is 3.04. The molecule has 2 N–H and O–H groups in total. The highest BCUT2D eigenvalue weighted by molar-refractivity contribution is 5.65. The minimum Gasteiger partial charge on any atom is -0.490 e. The van der Waals surface area contributed by atoms with Crippen molar-refractivity contribution in [2.45, 2.75) is 31.9 Å². The zero-order valence-electron chi connectivity index (χ0n) is 10.6. The highest BCUT2D eigenvalue weighted by Crippen LogP contribution is 2.28. The van der Waals surface area contributed by atoms with Gasteiger partial charge < -0.3 is 15.2 Å². The molecule has 19 heavy (non-hydrogen) atoms. The van der Waals surface area contributed by atoms with Crippen LogP contribution in [0.4, 0.5) is 9.18 Å². The maximum absolute atomic E-state index is 13.5. The molecule has 0 aliphatic heterocycles. The van der Waals surface area contributed by atoms with E-state index in [0.29, 0.717) is 29.7 Å². The van der Waals surface area contributed by atoms with Gasteiger partial charge in [-0.05, 0) is 30.7 Å². The van der Waals surface area contributed by atoms with Crippen molar-refractivity contribution in [3.63, 3.8) is 0 Å². The van der Waals surface area contributed by atoms with E-state index < -0.39 is 6.09 Å². The minimum atomic E-state index is -1.02. The van der Waals surface area contributed by atoms with Gasteiger partial charge in [-0.25, -0.2) is 9.18 Å². The summed E-state index contributed by atoms with van der Waals surface area (Å²) in [6.07, 6.45) is 0.216. The van der Waals surface area contributed by atoms with Crippen LogP contribution in [0.25, 0.3) is 5.57 Å². The van der Waals surface area contributed by atoms with Crippen molar-refractivity contribution in [2.75, 3.05) is 0 Å². The van der Waals surface area contributed by atoms with Gasteiger partial charge in [0.1, 0.15) is 17.7 Å². The van der Waals surface area contributed by atoms with Crippen LogP contribution in [-0.4, -0.2) is 23.3 Å². The van der Waals surface area contributed by atoms with Crippen LogP contribution in [0.1, 0.15) is 25.3 Å². The fourth-order valence-corrected chi connectivity index (χ4v) is 2.05. The molecule has 0 saturated heterocycles. The molecule has 0 atom stereocenters. The van der Waals surface area contributed by atoms with Crippen molar-refractivity contribution in [3.8, 4) is 5.75 Å². The number of amides is 1. The second kappa shape index (κ2) is 5.30. The number of allylic oxidation sites excluding steroid dienone is 1. The lowest BCUT2D eigenvalue weighted by Crippen LogP contribution is -2.48. The predicted molar refractivity (Wildman–Crippen MR) is 69.7 cm³/mol. The summed E-state index contributed by atoms with van der Waals surface area (Å²) in [5, 5.41) is 10.9. The number of hydrogen-bond donors (Lipinski definition) is 2. The van der Waals surface area contributed by atoms with Crippen molar-refractivity contribution in [1.82, 2.24) is 5.32 Å². The Bertz CT molecular complexity index is 509. The SMILES string of the molecule is C=C(C)c1cc(O[C@H]2C[C@H](NC(=O)O)C2)ccc1F. The van der Waals surface area contributed by atoms with Crippen molar-refractivity contribution >= 4 is 11.7 Å². The normalized spacial score (nSPS) is 21.4. The van der Waals surface area contributed by atoms with E-state index in [4.69, 9.17) is 9.84 Å². The molecule has 4 nitrogen and oxygen atoms in total. The van der Waals surface area contributed by atoms with E-state index in [1.807, 2.05) is 0 Å². The minimum absolute atomic E-state index is 0.0275. The number of ether oxygens (including phenoxy) is 1. The van der Waals surface area contributed by atoms with Gasteiger partial charge in [0.2, 0.25) is 0 Å². The Kier molecular flexibility index (Phi) is 3.74. The molecule has 1 aliphatic carbocycles. The van der Waals surface area contributed by atoms with Crippen LogP contribution in [0.15, 0.2) is 24.8 Å². The first-order chi connectivity index (χ1) is 8.95. The molecule has 0 aromatic heterocycles. The number of carboxylic acid groups (broad SMARTS) is 1. The summed E-state index contributed by atoms with van der Waals surface area (Å²) in [7, 11) is 0. The summed E-state index contributed by atoms with van der Waals surface area (Å²) in [5.74, 6) is 0.261. The Morgan fingerprint density at radius 1 is 1.53 bits per heavy atom. The van der Waals surface area contributed by atoms with Crippen LogP contribution in [0.3, 0.4) is 0 Å². The van der Waals surface area contributed by atoms with Crippen LogP contribution in [0, 0.1) is 5.82 Å². The molecule has 0 radical (unpaired) electrons. The summed E-state index contributed by atoms with van der Waals surface area (Å²) in [6.45, 7) is 5.45. The molecule has 0 unspecified atom stereocenters. The molecule has 1 aliphatic rings. The van der Waals surface area contributed by atoms with Gasteiger partial charge in [0.15, 0.2) is 0 Å². The molecule has 0 heterocycles. The van der Waals surface area contributed by atoms with Gasteiger partial charge in [-0.15, -0.1) is 0 Å². The van der Waals surface area contributed by atoms with Gasteiger partial charge >= 0.3 is 6.09 Å². The van der Waals surface area contributed by atoms with Crippen molar-refractivity contribution < 1.29 is 19.0 Å². The van der Waals surface area contributed by atoms with Crippen LogP contribution in [-0.2, 0) is 0 Å². The Balaban J connectivity index is 1.93. The van der Waals surface area contributed by atoms with Gasteiger partial charge in [0, 0.05) is 24.4 Å². The van der Waals surface area contributed by atoms with E-state index >= 15 is 0 Å². The standard InChI is InChI=1S/C14H16FNO3/c1-8(2)12-7-10(3-4-13(12)15)19-11-5-9(6-11)16-14(17)18/h3-4,7,9,11,16H,1,5-6H2,2H3,(H,17,18)/t9-,11-. The van der Waals surface area contributed by atoms with Gasteiger partial charge in [-0.3, -0.25) is 0 Å². The summed E-state index contributed by atoms with van der Waals surface area (Å²) in [6, 6.07) is 4.49. The molecule has 1 aromatic rings. The number of hydrogen-bond acceptors (Lipinski definition) is 2. The van der Waals surface area contributed by atoms with E-state index in [9.17, 15) is 9.18 Å². The molecular formula is C14H16FNO3. The van der Waals surface area contributed by atoms with Crippen molar-refractivity contribution in [1.29, 1.82) is 0 Å². The van der Waals surface area contributed by atoms with Gasteiger partial charge in [0.25, 0.3) is 0 Å². The fraction of sp³-hybridized carbons (Fsp3) is 0.357. The lowest BCUT2D eigenvalue weighted by molar-refractivity contribution is 0.0833. The quantitative estimate of drug-likeness (QED) is 0.879. The summed E-state index contributed by atoms with van der Waals surface area (Å²) < 4.78 is 19.1. The van der Waals surface area contributed by atoms with Crippen LogP contribution >= 0.6 is 0 Å². The molecule has 2 rings (SSSR count). The molecule has 1 fully saturated rings. The molecule has 1 saturated carbocycles. The van der Waals surface area contributed by atoms with Crippen molar-refractivity contribution in [2.24, 2.45) is 0 Å². The molecule has 0 bridgehead atoms. The Labute approximate surface area is 110 Å². The molecule has 5 heteroatoms. The first kappa shape index (κ1) is 13.4. The maximum atomic E-state index is 13.5. The Morgan fingerprint density at radius 2 is 2.21 bits per heavy atom. The zero-order valence-corrected chi connectivity index (χ0v) is 10.6. The summed E-state index contributed by atoms with van der Waals surface area (Å²) in [4.78, 5) is 10.4. The molecule has 0 spiro atoms. The Morgan fingerprint density at radius 3 is 2.79 bits per heavy atom. The second-order valence-electron chi connectivity index (χ2n) is 4.78. The van der Waals surface area contributed by atoms with Gasteiger partial charge in [-0.2, -0.15) is 0 Å². The largest absolute Gasteiger partial charge is 0.490 e. The first-order valence-electron chi connectivity index (χ1n) is 6.07.